The fourth-order valence-electron chi connectivity index (χ4n) is 1.05. The van der Waals surface area contributed by atoms with Crippen LogP contribution in [0.2, 0.25) is 0 Å². The molecule has 0 aliphatic rings. The zero-order valence-electron chi connectivity index (χ0n) is 9.40. The Labute approximate surface area is 92.6 Å². The van der Waals surface area contributed by atoms with E-state index in [9.17, 15) is 4.21 Å². The summed E-state index contributed by atoms with van der Waals surface area (Å²) in [5, 5.41) is 5.37. The van der Waals surface area contributed by atoms with Crippen molar-refractivity contribution in [2.75, 3.05) is 6.54 Å². The molecule has 0 aliphatic heterocycles. The van der Waals surface area contributed by atoms with E-state index in [-0.39, 0.29) is 0 Å². The van der Waals surface area contributed by atoms with Gasteiger partial charge >= 0.3 is 0 Å². The number of hydrogen-bond acceptors (Lipinski definition) is 2. The molecule has 15 heavy (non-hydrogen) atoms. The molecule has 0 heterocycles. The minimum absolute atomic E-state index is 0.577. The Morgan fingerprint density at radius 3 is 2.07 bits per heavy atom. The molecule has 4 heteroatoms. The molecule has 4 N–H and O–H groups in total. The van der Waals surface area contributed by atoms with Gasteiger partial charge in [-0.25, -0.2) is 4.21 Å². The highest BCUT2D eigenvalue weighted by Gasteiger charge is 2.00. The molecule has 0 amide bonds. The quantitative estimate of drug-likeness (QED) is 0.762. The van der Waals surface area contributed by atoms with Crippen molar-refractivity contribution in [2.24, 2.45) is 10.9 Å². The van der Waals surface area contributed by atoms with Crippen LogP contribution in [0, 0.1) is 0 Å². The molecule has 0 radical (unpaired) electrons. The van der Waals surface area contributed by atoms with Crippen molar-refractivity contribution in [2.45, 2.75) is 25.2 Å². The van der Waals surface area contributed by atoms with Crippen molar-refractivity contribution < 1.29 is 4.21 Å². The van der Waals surface area contributed by atoms with Crippen LogP contribution in [0.1, 0.15) is 19.4 Å². The fraction of sp³-hybridized carbons (Fsp3) is 0.364. The Bertz CT molecular complexity index is 368. The molecular weight excluding hydrogens is 208 g/mol. The molecule has 0 saturated heterocycles. The van der Waals surface area contributed by atoms with E-state index in [0.29, 0.717) is 11.4 Å². The van der Waals surface area contributed by atoms with Gasteiger partial charge in [0.1, 0.15) is 0 Å². The SMILES string of the molecule is C=S(N)(=O)c1ccc(CCN)cc1.CC. The lowest BCUT2D eigenvalue weighted by Crippen LogP contribution is -2.11. The Hall–Kier alpha value is -0.840. The Kier molecular flexibility index (Phi) is 6.24. The summed E-state index contributed by atoms with van der Waals surface area (Å²) < 4.78 is 11.3. The monoisotopic (exact) mass is 228 g/mol. The van der Waals surface area contributed by atoms with Crippen LogP contribution in [-0.2, 0) is 16.1 Å². The molecule has 0 fully saturated rings. The first-order chi connectivity index (χ1) is 7.04. The van der Waals surface area contributed by atoms with Crippen LogP contribution in [0.5, 0.6) is 0 Å². The highest BCUT2D eigenvalue weighted by atomic mass is 32.2. The van der Waals surface area contributed by atoms with E-state index >= 15 is 0 Å². The Balaban J connectivity index is 0.000000921. The van der Waals surface area contributed by atoms with E-state index < -0.39 is 9.71 Å². The zero-order chi connectivity index (χ0) is 11.9. The van der Waals surface area contributed by atoms with Crippen molar-refractivity contribution in [3.05, 3.63) is 29.8 Å². The predicted molar refractivity (Wildman–Crippen MR) is 68.3 cm³/mol. The molecule has 1 aromatic rings. The maximum atomic E-state index is 11.3. The van der Waals surface area contributed by atoms with Gasteiger partial charge in [-0.3, -0.25) is 5.14 Å². The van der Waals surface area contributed by atoms with E-state index in [1.807, 2.05) is 26.0 Å². The fourth-order valence-corrected chi connectivity index (χ4v) is 1.65. The average Bonchev–Trinajstić information content (AvgIpc) is 2.21. The first kappa shape index (κ1) is 14.2. The van der Waals surface area contributed by atoms with E-state index in [1.54, 1.807) is 12.1 Å². The maximum Gasteiger partial charge on any atom is 0.0507 e. The summed E-state index contributed by atoms with van der Waals surface area (Å²) in [6.45, 7) is 4.61. The summed E-state index contributed by atoms with van der Waals surface area (Å²) >= 11 is 0. The van der Waals surface area contributed by atoms with Gasteiger partial charge in [0.2, 0.25) is 0 Å². The second-order valence-corrected chi connectivity index (χ2v) is 4.83. The summed E-state index contributed by atoms with van der Waals surface area (Å²) in [5.74, 6) is 3.40. The standard InChI is InChI=1S/C9H14N2OS.C2H6/c1-13(11,12)9-4-2-8(3-5-9)6-7-10;1-2/h2-5H,1,6-7,10H2,(H2,11,12);1-2H3. The predicted octanol–water partition coefficient (Wildman–Crippen LogP) is 1.16. The minimum Gasteiger partial charge on any atom is -0.330 e. The highest BCUT2D eigenvalue weighted by Crippen LogP contribution is 2.08. The van der Waals surface area contributed by atoms with Crippen LogP contribution in [0.4, 0.5) is 0 Å². The van der Waals surface area contributed by atoms with E-state index in [1.165, 1.54) is 0 Å². The second-order valence-electron chi connectivity index (χ2n) is 2.91. The van der Waals surface area contributed by atoms with Crippen molar-refractivity contribution >= 4 is 15.6 Å². The number of hydrogen-bond donors (Lipinski definition) is 2. The zero-order valence-corrected chi connectivity index (χ0v) is 10.2. The summed E-state index contributed by atoms with van der Waals surface area (Å²) in [5.41, 5.74) is 6.51. The van der Waals surface area contributed by atoms with Gasteiger partial charge in [0.15, 0.2) is 0 Å². The van der Waals surface area contributed by atoms with Crippen LogP contribution in [0.3, 0.4) is 0 Å². The first-order valence-electron chi connectivity index (χ1n) is 4.98. The second kappa shape index (κ2) is 6.61. The normalized spacial score (nSPS) is 13.6. The summed E-state index contributed by atoms with van der Waals surface area (Å²) in [7, 11) is -2.57. The Morgan fingerprint density at radius 2 is 1.73 bits per heavy atom. The summed E-state index contributed by atoms with van der Waals surface area (Å²) in [4.78, 5) is 0.577. The van der Waals surface area contributed by atoms with Gasteiger partial charge in [0.25, 0.3) is 0 Å². The molecule has 0 aliphatic carbocycles. The minimum atomic E-state index is -2.57. The lowest BCUT2D eigenvalue weighted by atomic mass is 10.2. The van der Waals surface area contributed by atoms with Crippen molar-refractivity contribution in [1.82, 2.24) is 0 Å². The molecule has 1 aromatic carbocycles. The van der Waals surface area contributed by atoms with Gasteiger partial charge in [0, 0.05) is 4.90 Å². The smallest absolute Gasteiger partial charge is 0.0507 e. The van der Waals surface area contributed by atoms with E-state index in [2.05, 4.69) is 5.87 Å². The molecule has 0 bridgehead atoms. The molecular formula is C11H20N2OS. The lowest BCUT2D eigenvalue weighted by molar-refractivity contribution is 0.682. The number of benzene rings is 1. The van der Waals surface area contributed by atoms with Crippen LogP contribution in [0.25, 0.3) is 0 Å². The topological polar surface area (TPSA) is 69.1 Å². The van der Waals surface area contributed by atoms with Crippen molar-refractivity contribution in [3.63, 3.8) is 0 Å². The molecule has 3 nitrogen and oxygen atoms in total. The van der Waals surface area contributed by atoms with E-state index in [0.717, 1.165) is 12.0 Å². The molecule has 1 rings (SSSR count). The largest absolute Gasteiger partial charge is 0.330 e. The van der Waals surface area contributed by atoms with Gasteiger partial charge in [-0.1, -0.05) is 26.0 Å². The van der Waals surface area contributed by atoms with Crippen molar-refractivity contribution in [3.8, 4) is 0 Å². The summed E-state index contributed by atoms with van der Waals surface area (Å²) in [6.07, 6.45) is 0.823. The van der Waals surface area contributed by atoms with Crippen molar-refractivity contribution in [1.29, 1.82) is 0 Å². The van der Waals surface area contributed by atoms with Gasteiger partial charge in [0.05, 0.1) is 9.71 Å². The molecule has 0 spiro atoms. The van der Waals surface area contributed by atoms with Crippen LogP contribution in [-0.4, -0.2) is 16.6 Å². The van der Waals surface area contributed by atoms with Crippen LogP contribution in [0.15, 0.2) is 29.2 Å². The first-order valence-corrected chi connectivity index (χ1v) is 6.77. The van der Waals surface area contributed by atoms with E-state index in [4.69, 9.17) is 10.9 Å². The third-order valence-electron chi connectivity index (χ3n) is 1.76. The number of nitrogens with two attached hydrogens (primary N) is 2. The lowest BCUT2D eigenvalue weighted by Gasteiger charge is -2.03. The molecule has 1 atom stereocenters. The molecule has 0 aromatic heterocycles. The molecule has 0 saturated carbocycles. The Morgan fingerprint density at radius 1 is 1.27 bits per heavy atom. The third kappa shape index (κ3) is 4.97. The van der Waals surface area contributed by atoms with Gasteiger partial charge < -0.3 is 5.73 Å². The van der Waals surface area contributed by atoms with Crippen LogP contribution < -0.4 is 10.9 Å². The average molecular weight is 228 g/mol. The van der Waals surface area contributed by atoms with Gasteiger partial charge in [-0.2, -0.15) is 0 Å². The van der Waals surface area contributed by atoms with Gasteiger partial charge in [-0.15, -0.1) is 0 Å². The highest BCUT2D eigenvalue weighted by molar-refractivity contribution is 7.98. The summed E-state index contributed by atoms with van der Waals surface area (Å²) in [6, 6.07) is 7.22. The maximum absolute atomic E-state index is 11.3. The molecule has 86 valence electrons. The number of rotatable bonds is 3. The van der Waals surface area contributed by atoms with Crippen LogP contribution >= 0.6 is 0 Å². The third-order valence-corrected chi connectivity index (χ3v) is 2.83. The molecule has 1 unspecified atom stereocenters. The van der Waals surface area contributed by atoms with Gasteiger partial charge in [-0.05, 0) is 36.5 Å².